The summed E-state index contributed by atoms with van der Waals surface area (Å²) in [6, 6.07) is 8.82. The molecule has 0 radical (unpaired) electrons. The molecule has 5 heteroatoms. The number of hydrogen-bond acceptors (Lipinski definition) is 2. The van der Waals surface area contributed by atoms with Crippen molar-refractivity contribution in [2.24, 2.45) is 0 Å². The van der Waals surface area contributed by atoms with E-state index in [1.807, 2.05) is 0 Å². The third-order valence-corrected chi connectivity index (χ3v) is 2.72. The van der Waals surface area contributed by atoms with E-state index in [2.05, 4.69) is 5.32 Å². The van der Waals surface area contributed by atoms with Crippen molar-refractivity contribution in [3.8, 4) is 0 Å². The first kappa shape index (κ1) is 13.0. The number of para-hydroxylation sites is 2. The monoisotopic (exact) mass is 262 g/mol. The first-order valence-electron chi connectivity index (χ1n) is 5.61. The lowest BCUT2D eigenvalue weighted by molar-refractivity contribution is 0.101. The maximum Gasteiger partial charge on any atom is 0.261 e. The Bertz CT molecular complexity index is 641. The van der Waals surface area contributed by atoms with Crippen LogP contribution in [0.5, 0.6) is 0 Å². The summed E-state index contributed by atoms with van der Waals surface area (Å²) in [6.07, 6.45) is 0. The number of carbonyl (C=O) groups is 1. The van der Waals surface area contributed by atoms with E-state index in [-0.39, 0.29) is 5.56 Å². The van der Waals surface area contributed by atoms with Gasteiger partial charge in [-0.15, -0.1) is 0 Å². The SMILES string of the molecule is Cc1ccc(F)c(C(=O)Nc2ccccc2N)c1F. The van der Waals surface area contributed by atoms with Crippen molar-refractivity contribution in [3.63, 3.8) is 0 Å². The van der Waals surface area contributed by atoms with Crippen LogP contribution < -0.4 is 11.1 Å². The van der Waals surface area contributed by atoms with E-state index in [4.69, 9.17) is 5.73 Å². The molecule has 0 bridgehead atoms. The molecule has 0 aliphatic heterocycles. The smallest absolute Gasteiger partial charge is 0.261 e. The van der Waals surface area contributed by atoms with Crippen LogP contribution in [0.2, 0.25) is 0 Å². The molecule has 2 rings (SSSR count). The molecule has 0 aromatic heterocycles. The van der Waals surface area contributed by atoms with Gasteiger partial charge in [-0.25, -0.2) is 8.78 Å². The van der Waals surface area contributed by atoms with E-state index >= 15 is 0 Å². The zero-order valence-electron chi connectivity index (χ0n) is 10.2. The summed E-state index contributed by atoms with van der Waals surface area (Å²) in [5.41, 5.74) is 5.88. The van der Waals surface area contributed by atoms with E-state index in [9.17, 15) is 13.6 Å². The maximum absolute atomic E-state index is 13.8. The van der Waals surface area contributed by atoms with Gasteiger partial charge in [-0.05, 0) is 30.7 Å². The summed E-state index contributed by atoms with van der Waals surface area (Å²) in [4.78, 5) is 11.9. The van der Waals surface area contributed by atoms with Crippen LogP contribution in [0, 0.1) is 18.6 Å². The number of amides is 1. The van der Waals surface area contributed by atoms with Crippen molar-refractivity contribution in [2.45, 2.75) is 6.92 Å². The quantitative estimate of drug-likeness (QED) is 0.817. The number of nitrogens with two attached hydrogens (primary N) is 1. The average molecular weight is 262 g/mol. The number of benzene rings is 2. The Hall–Kier alpha value is -2.43. The number of carbonyl (C=O) groups excluding carboxylic acids is 1. The fourth-order valence-electron chi connectivity index (χ4n) is 1.66. The maximum atomic E-state index is 13.8. The molecular formula is C14H12F2N2O. The van der Waals surface area contributed by atoms with E-state index in [1.165, 1.54) is 13.0 Å². The minimum Gasteiger partial charge on any atom is -0.397 e. The first-order chi connectivity index (χ1) is 9.00. The molecule has 3 N–H and O–H groups in total. The van der Waals surface area contributed by atoms with E-state index in [0.717, 1.165) is 6.07 Å². The standard InChI is InChI=1S/C14H12F2N2O/c1-8-6-7-9(15)12(13(8)16)14(19)18-11-5-3-2-4-10(11)17/h2-7H,17H2,1H3,(H,18,19). The largest absolute Gasteiger partial charge is 0.397 e. The predicted molar refractivity (Wildman–Crippen MR) is 69.9 cm³/mol. The van der Waals surface area contributed by atoms with Gasteiger partial charge in [-0.3, -0.25) is 4.79 Å². The van der Waals surface area contributed by atoms with E-state index < -0.39 is 23.1 Å². The van der Waals surface area contributed by atoms with Gasteiger partial charge in [0.2, 0.25) is 0 Å². The lowest BCUT2D eigenvalue weighted by Gasteiger charge is -2.10. The number of hydrogen-bond donors (Lipinski definition) is 2. The van der Waals surface area contributed by atoms with Gasteiger partial charge in [-0.2, -0.15) is 0 Å². The molecule has 0 unspecified atom stereocenters. The van der Waals surface area contributed by atoms with Gasteiger partial charge in [-0.1, -0.05) is 18.2 Å². The van der Waals surface area contributed by atoms with Crippen molar-refractivity contribution < 1.29 is 13.6 Å². The number of halogens is 2. The molecule has 98 valence electrons. The highest BCUT2D eigenvalue weighted by Gasteiger charge is 2.19. The van der Waals surface area contributed by atoms with E-state index in [0.29, 0.717) is 11.4 Å². The molecule has 0 aliphatic rings. The third kappa shape index (κ3) is 2.54. The van der Waals surface area contributed by atoms with Gasteiger partial charge < -0.3 is 11.1 Å². The topological polar surface area (TPSA) is 55.1 Å². The Kier molecular flexibility index (Phi) is 3.46. The Morgan fingerprint density at radius 3 is 2.53 bits per heavy atom. The van der Waals surface area contributed by atoms with Gasteiger partial charge in [0.25, 0.3) is 5.91 Å². The molecule has 0 fully saturated rings. The van der Waals surface area contributed by atoms with Crippen molar-refractivity contribution in [2.75, 3.05) is 11.1 Å². The molecular weight excluding hydrogens is 250 g/mol. The molecule has 0 aliphatic carbocycles. The molecule has 19 heavy (non-hydrogen) atoms. The number of rotatable bonds is 2. The second-order valence-corrected chi connectivity index (χ2v) is 4.09. The van der Waals surface area contributed by atoms with E-state index in [1.54, 1.807) is 24.3 Å². The van der Waals surface area contributed by atoms with Crippen LogP contribution in [0.15, 0.2) is 36.4 Å². The lowest BCUT2D eigenvalue weighted by Crippen LogP contribution is -2.17. The van der Waals surface area contributed by atoms with Crippen LogP contribution >= 0.6 is 0 Å². The van der Waals surface area contributed by atoms with Gasteiger partial charge in [0.05, 0.1) is 11.4 Å². The van der Waals surface area contributed by atoms with Crippen molar-refractivity contribution in [1.82, 2.24) is 0 Å². The number of aryl methyl sites for hydroxylation is 1. The molecule has 3 nitrogen and oxygen atoms in total. The highest BCUT2D eigenvalue weighted by molar-refractivity contribution is 6.06. The summed E-state index contributed by atoms with van der Waals surface area (Å²) in [5, 5.41) is 2.39. The fraction of sp³-hybridized carbons (Fsp3) is 0.0714. The normalized spacial score (nSPS) is 10.3. The highest BCUT2D eigenvalue weighted by Crippen LogP contribution is 2.21. The summed E-state index contributed by atoms with van der Waals surface area (Å²) in [7, 11) is 0. The Balaban J connectivity index is 2.36. The lowest BCUT2D eigenvalue weighted by atomic mass is 10.1. The summed E-state index contributed by atoms with van der Waals surface area (Å²) in [6.45, 7) is 1.46. The molecule has 0 heterocycles. The summed E-state index contributed by atoms with van der Waals surface area (Å²) < 4.78 is 27.3. The van der Waals surface area contributed by atoms with Crippen molar-refractivity contribution in [3.05, 3.63) is 59.2 Å². The minimum absolute atomic E-state index is 0.201. The average Bonchev–Trinajstić information content (AvgIpc) is 2.37. The number of nitrogens with one attached hydrogen (secondary N) is 1. The Morgan fingerprint density at radius 1 is 1.16 bits per heavy atom. The Morgan fingerprint density at radius 2 is 1.84 bits per heavy atom. The van der Waals surface area contributed by atoms with Gasteiger partial charge in [0.15, 0.2) is 0 Å². The zero-order chi connectivity index (χ0) is 14.0. The Labute approximate surface area is 109 Å². The van der Waals surface area contributed by atoms with Gasteiger partial charge >= 0.3 is 0 Å². The number of nitrogen functional groups attached to an aromatic ring is 1. The molecule has 0 saturated carbocycles. The molecule has 0 saturated heterocycles. The van der Waals surface area contributed by atoms with Crippen LogP contribution in [-0.4, -0.2) is 5.91 Å². The second-order valence-electron chi connectivity index (χ2n) is 4.09. The van der Waals surface area contributed by atoms with Crippen LogP contribution in [0.25, 0.3) is 0 Å². The van der Waals surface area contributed by atoms with Gasteiger partial charge in [0.1, 0.15) is 17.2 Å². The van der Waals surface area contributed by atoms with Crippen LogP contribution in [0.4, 0.5) is 20.2 Å². The fourth-order valence-corrected chi connectivity index (χ4v) is 1.66. The van der Waals surface area contributed by atoms with Crippen LogP contribution in [-0.2, 0) is 0 Å². The molecule has 0 spiro atoms. The summed E-state index contributed by atoms with van der Waals surface area (Å²) in [5.74, 6) is -2.64. The second kappa shape index (κ2) is 5.06. The minimum atomic E-state index is -0.907. The molecule has 2 aromatic carbocycles. The molecule has 2 aromatic rings. The summed E-state index contributed by atoms with van der Waals surface area (Å²) >= 11 is 0. The van der Waals surface area contributed by atoms with Crippen LogP contribution in [0.1, 0.15) is 15.9 Å². The third-order valence-electron chi connectivity index (χ3n) is 2.72. The van der Waals surface area contributed by atoms with Crippen LogP contribution in [0.3, 0.4) is 0 Å². The first-order valence-corrected chi connectivity index (χ1v) is 5.61. The van der Waals surface area contributed by atoms with Gasteiger partial charge in [0, 0.05) is 0 Å². The van der Waals surface area contributed by atoms with Crippen molar-refractivity contribution >= 4 is 17.3 Å². The predicted octanol–water partition coefficient (Wildman–Crippen LogP) is 3.11. The molecule has 1 amide bonds. The van der Waals surface area contributed by atoms with Crippen molar-refractivity contribution in [1.29, 1.82) is 0 Å². The molecule has 0 atom stereocenters. The zero-order valence-corrected chi connectivity index (χ0v) is 10.2. The number of anilines is 2. The highest BCUT2D eigenvalue weighted by atomic mass is 19.1.